The largest absolute Gasteiger partial charge is 0.504 e. The smallest absolute Gasteiger partial charge is 0.298 e. The highest BCUT2D eigenvalue weighted by molar-refractivity contribution is 7.86. The van der Waals surface area contributed by atoms with Crippen LogP contribution in [0.5, 0.6) is 11.5 Å². The van der Waals surface area contributed by atoms with Crippen molar-refractivity contribution in [2.24, 2.45) is 11.5 Å². The summed E-state index contributed by atoms with van der Waals surface area (Å²) in [5.74, 6) is -2.32. The molecule has 0 unspecified atom stereocenters. The lowest BCUT2D eigenvalue weighted by Crippen LogP contribution is -2.27. The molecule has 1 aromatic rings. The second-order valence-electron chi connectivity index (χ2n) is 4.07. The molecule has 1 rings (SSSR count). The van der Waals surface area contributed by atoms with Crippen LogP contribution in [0.3, 0.4) is 0 Å². The Bertz CT molecular complexity index is 714. The second-order valence-corrected chi connectivity index (χ2v) is 6.88. The number of aromatic hydroxyl groups is 2. The third-order valence-corrected chi connectivity index (χ3v) is 3.94. The van der Waals surface area contributed by atoms with Crippen LogP contribution in [0.25, 0.3) is 0 Å². The molecule has 0 spiro atoms. The molecule has 0 bridgehead atoms. The summed E-state index contributed by atoms with van der Waals surface area (Å²) >= 11 is 0. The van der Waals surface area contributed by atoms with Gasteiger partial charge in [0, 0.05) is 32.2 Å². The predicted molar refractivity (Wildman–Crippen MR) is 80.4 cm³/mol. The van der Waals surface area contributed by atoms with Gasteiger partial charge in [-0.25, -0.2) is 0 Å². The SMILES string of the molecule is NCCNCCN.O=S(=O)(O)c1cc(O)c(O)c(S(=O)(=O)O)c1. The van der Waals surface area contributed by atoms with Crippen molar-refractivity contribution in [1.29, 1.82) is 0 Å². The minimum atomic E-state index is -4.92. The van der Waals surface area contributed by atoms with E-state index in [4.69, 9.17) is 30.8 Å². The summed E-state index contributed by atoms with van der Waals surface area (Å²) in [6.07, 6.45) is 0. The van der Waals surface area contributed by atoms with Crippen LogP contribution in [0.1, 0.15) is 0 Å². The molecular weight excluding hydrogens is 354 g/mol. The molecule has 0 amide bonds. The number of hydrogen-bond acceptors (Lipinski definition) is 9. The fraction of sp³-hybridized carbons (Fsp3) is 0.400. The molecule has 0 radical (unpaired) electrons. The highest BCUT2D eigenvalue weighted by Gasteiger charge is 2.23. The van der Waals surface area contributed by atoms with E-state index in [1.54, 1.807) is 0 Å². The molecule has 0 fully saturated rings. The molecule has 13 heteroatoms. The van der Waals surface area contributed by atoms with Crippen molar-refractivity contribution in [2.75, 3.05) is 26.2 Å². The number of rotatable bonds is 6. The quantitative estimate of drug-likeness (QED) is 0.166. The highest BCUT2D eigenvalue weighted by Crippen LogP contribution is 2.34. The fourth-order valence-electron chi connectivity index (χ4n) is 1.24. The second kappa shape index (κ2) is 8.97. The van der Waals surface area contributed by atoms with Crippen molar-refractivity contribution < 1.29 is 36.2 Å². The van der Waals surface area contributed by atoms with E-state index in [2.05, 4.69) is 5.32 Å². The predicted octanol–water partition coefficient (Wildman–Crippen LogP) is -1.92. The number of nitrogens with one attached hydrogen (secondary N) is 1. The maximum Gasteiger partial charge on any atom is 0.298 e. The molecule has 0 aromatic heterocycles. The first kappa shape index (κ1) is 21.5. The molecule has 0 aliphatic heterocycles. The molecule has 1 aromatic carbocycles. The van der Waals surface area contributed by atoms with Crippen molar-refractivity contribution in [1.82, 2.24) is 5.32 Å². The molecule has 0 aliphatic rings. The first-order valence-corrected chi connectivity index (χ1v) is 8.95. The molecule has 9 N–H and O–H groups in total. The van der Waals surface area contributed by atoms with E-state index in [1.165, 1.54) is 0 Å². The minimum Gasteiger partial charge on any atom is -0.504 e. The van der Waals surface area contributed by atoms with Gasteiger partial charge in [-0.3, -0.25) is 9.11 Å². The third-order valence-electron chi connectivity index (χ3n) is 2.25. The van der Waals surface area contributed by atoms with Gasteiger partial charge in [-0.15, -0.1) is 0 Å². The summed E-state index contributed by atoms with van der Waals surface area (Å²) < 4.78 is 59.9. The highest BCUT2D eigenvalue weighted by atomic mass is 32.2. The number of benzene rings is 1. The Kier molecular flexibility index (Phi) is 8.39. The zero-order chi connectivity index (χ0) is 18.3. The monoisotopic (exact) mass is 373 g/mol. The summed E-state index contributed by atoms with van der Waals surface area (Å²) in [6.45, 7) is 3.13. The zero-order valence-electron chi connectivity index (χ0n) is 11.9. The van der Waals surface area contributed by atoms with Crippen molar-refractivity contribution >= 4 is 20.2 Å². The van der Waals surface area contributed by atoms with Crippen molar-refractivity contribution in [2.45, 2.75) is 9.79 Å². The number of nitrogens with two attached hydrogens (primary N) is 2. The summed E-state index contributed by atoms with van der Waals surface area (Å²) in [5.41, 5.74) is 10.3. The van der Waals surface area contributed by atoms with Gasteiger partial charge < -0.3 is 27.0 Å². The Morgan fingerprint density at radius 1 is 0.913 bits per heavy atom. The van der Waals surface area contributed by atoms with Crippen molar-refractivity contribution in [3.8, 4) is 11.5 Å². The van der Waals surface area contributed by atoms with Gasteiger partial charge in [0.05, 0.1) is 4.90 Å². The van der Waals surface area contributed by atoms with Gasteiger partial charge >= 0.3 is 0 Å². The van der Waals surface area contributed by atoms with Crippen LogP contribution in [-0.4, -0.2) is 62.3 Å². The van der Waals surface area contributed by atoms with Crippen LogP contribution in [0.2, 0.25) is 0 Å². The Morgan fingerprint density at radius 3 is 1.74 bits per heavy atom. The minimum absolute atomic E-state index is 0.305. The van der Waals surface area contributed by atoms with Crippen LogP contribution in [0.15, 0.2) is 21.9 Å². The molecule has 134 valence electrons. The van der Waals surface area contributed by atoms with E-state index in [0.29, 0.717) is 25.2 Å². The van der Waals surface area contributed by atoms with E-state index in [0.717, 1.165) is 13.1 Å². The van der Waals surface area contributed by atoms with E-state index < -0.39 is 41.5 Å². The van der Waals surface area contributed by atoms with Crippen molar-refractivity contribution in [3.05, 3.63) is 12.1 Å². The Balaban J connectivity index is 0.000000585. The van der Waals surface area contributed by atoms with E-state index in [1.807, 2.05) is 0 Å². The van der Waals surface area contributed by atoms with Crippen LogP contribution in [0, 0.1) is 0 Å². The molecule has 0 aliphatic carbocycles. The standard InChI is InChI=1S/C6H6O8S2.C4H13N3/c7-4-1-3(15(9,10)11)2-5(6(4)8)16(12,13)14;5-1-3-7-4-2-6/h1-2,7-8H,(H,9,10,11)(H,12,13,14);7H,1-6H2. The molecule has 0 saturated heterocycles. The van der Waals surface area contributed by atoms with E-state index in [-0.39, 0.29) is 0 Å². The summed E-state index contributed by atoms with van der Waals surface area (Å²) in [4.78, 5) is -2.20. The third kappa shape index (κ3) is 7.56. The lowest BCUT2D eigenvalue weighted by molar-refractivity contribution is 0.386. The van der Waals surface area contributed by atoms with Gasteiger partial charge in [0.2, 0.25) is 0 Å². The maximum absolute atomic E-state index is 10.7. The van der Waals surface area contributed by atoms with Crippen LogP contribution < -0.4 is 16.8 Å². The normalized spacial score (nSPS) is 11.7. The van der Waals surface area contributed by atoms with Gasteiger partial charge in [-0.05, 0) is 6.07 Å². The Labute approximate surface area is 133 Å². The molecule has 0 heterocycles. The number of phenolic OH excluding ortho intramolecular Hbond substituents is 2. The summed E-state index contributed by atoms with van der Waals surface area (Å²) in [6, 6.07) is 0.735. The molecule has 0 saturated carbocycles. The van der Waals surface area contributed by atoms with Crippen LogP contribution >= 0.6 is 0 Å². The van der Waals surface area contributed by atoms with Gasteiger partial charge in [0.25, 0.3) is 20.2 Å². The molecule has 0 atom stereocenters. The maximum atomic E-state index is 10.7. The van der Waals surface area contributed by atoms with Gasteiger partial charge in [0.15, 0.2) is 11.5 Å². The number of phenols is 2. The average molecular weight is 373 g/mol. The Hall–Kier alpha value is -1.48. The van der Waals surface area contributed by atoms with E-state index in [9.17, 15) is 16.8 Å². The lowest BCUT2D eigenvalue weighted by atomic mass is 10.3. The van der Waals surface area contributed by atoms with Crippen molar-refractivity contribution in [3.63, 3.8) is 0 Å². The topological polar surface area (TPSA) is 213 Å². The molecule has 11 nitrogen and oxygen atoms in total. The molecule has 23 heavy (non-hydrogen) atoms. The average Bonchev–Trinajstić information content (AvgIpc) is 2.40. The lowest BCUT2D eigenvalue weighted by Gasteiger charge is -2.05. The van der Waals surface area contributed by atoms with Crippen LogP contribution in [0.4, 0.5) is 0 Å². The Morgan fingerprint density at radius 2 is 1.39 bits per heavy atom. The van der Waals surface area contributed by atoms with Crippen LogP contribution in [-0.2, 0) is 20.2 Å². The number of hydrogen-bond donors (Lipinski definition) is 7. The van der Waals surface area contributed by atoms with Gasteiger partial charge in [-0.1, -0.05) is 0 Å². The van der Waals surface area contributed by atoms with Gasteiger partial charge in [-0.2, -0.15) is 16.8 Å². The molecular formula is C10H19N3O8S2. The zero-order valence-corrected chi connectivity index (χ0v) is 13.5. The van der Waals surface area contributed by atoms with E-state index >= 15 is 0 Å². The fourth-order valence-corrected chi connectivity index (χ4v) is 2.47. The van der Waals surface area contributed by atoms with Gasteiger partial charge in [0.1, 0.15) is 4.90 Å². The first-order chi connectivity index (χ1) is 10.4. The summed E-state index contributed by atoms with van der Waals surface area (Å²) in [5, 5.41) is 21.1. The summed E-state index contributed by atoms with van der Waals surface area (Å²) in [7, 11) is -9.70. The first-order valence-electron chi connectivity index (χ1n) is 6.07.